The molecule has 4 heterocycles. The molecule has 2 N–H and O–H groups in total. The van der Waals surface area contributed by atoms with Crippen molar-refractivity contribution in [2.45, 2.75) is 26.2 Å². The Kier molecular flexibility index (Phi) is 4.01. The van der Waals surface area contributed by atoms with Crippen molar-refractivity contribution in [1.82, 2.24) is 24.8 Å². The highest BCUT2D eigenvalue weighted by atomic mass is 16.5. The number of hydrogen-bond donors (Lipinski definition) is 2. The van der Waals surface area contributed by atoms with Gasteiger partial charge in [0.05, 0.1) is 5.52 Å². The molecule has 7 heteroatoms. The number of aromatic amines is 1. The van der Waals surface area contributed by atoms with Crippen LogP contribution in [-0.2, 0) is 11.2 Å². The van der Waals surface area contributed by atoms with Crippen LogP contribution in [-0.4, -0.2) is 38.0 Å². The molecule has 0 saturated carbocycles. The van der Waals surface area contributed by atoms with Crippen LogP contribution in [0.3, 0.4) is 0 Å². The molecule has 7 nitrogen and oxygen atoms in total. The zero-order valence-electron chi connectivity index (χ0n) is 15.3. The Morgan fingerprint density at radius 3 is 3.00 bits per heavy atom. The topological polar surface area (TPSA) is 80.1 Å². The fourth-order valence-corrected chi connectivity index (χ4v) is 3.76. The molecule has 0 radical (unpaired) electrons. The standard InChI is InChI=1S/C20H22N6O/c1-13-17-12-15(5-6-18(17)24-23-13)21-20-22-19-4-2-3-16(26(19)25-20)11-14-7-9-27-10-8-14/h2-6,12,14H,7-11H2,1H3,(H,21,25)(H,23,24). The van der Waals surface area contributed by atoms with Crippen LogP contribution in [0.25, 0.3) is 16.6 Å². The Labute approximate surface area is 156 Å². The molecule has 0 atom stereocenters. The number of anilines is 2. The number of fused-ring (bicyclic) bond motifs is 2. The summed E-state index contributed by atoms with van der Waals surface area (Å²) in [7, 11) is 0. The Balaban J connectivity index is 1.43. The highest BCUT2D eigenvalue weighted by Crippen LogP contribution is 2.24. The van der Waals surface area contributed by atoms with E-state index in [2.05, 4.69) is 38.7 Å². The molecule has 1 aromatic carbocycles. The summed E-state index contributed by atoms with van der Waals surface area (Å²) in [5.74, 6) is 1.26. The maximum atomic E-state index is 5.48. The number of nitrogens with one attached hydrogen (secondary N) is 2. The van der Waals surface area contributed by atoms with Crippen LogP contribution in [0.4, 0.5) is 11.6 Å². The van der Waals surface area contributed by atoms with Crippen molar-refractivity contribution in [1.29, 1.82) is 0 Å². The zero-order valence-corrected chi connectivity index (χ0v) is 15.3. The lowest BCUT2D eigenvalue weighted by atomic mass is 9.95. The summed E-state index contributed by atoms with van der Waals surface area (Å²) in [4.78, 5) is 4.64. The smallest absolute Gasteiger partial charge is 0.247 e. The summed E-state index contributed by atoms with van der Waals surface area (Å²) < 4.78 is 7.43. The summed E-state index contributed by atoms with van der Waals surface area (Å²) in [6, 6.07) is 12.3. The molecule has 3 aromatic heterocycles. The molecule has 0 amide bonds. The second-order valence-electron chi connectivity index (χ2n) is 7.19. The van der Waals surface area contributed by atoms with Crippen molar-refractivity contribution in [3.8, 4) is 0 Å². The third-order valence-corrected chi connectivity index (χ3v) is 5.28. The van der Waals surface area contributed by atoms with Gasteiger partial charge in [-0.15, -0.1) is 5.10 Å². The summed E-state index contributed by atoms with van der Waals surface area (Å²) in [6.07, 6.45) is 3.23. The van der Waals surface area contributed by atoms with E-state index in [4.69, 9.17) is 9.84 Å². The lowest BCUT2D eigenvalue weighted by Gasteiger charge is -2.21. The van der Waals surface area contributed by atoms with Crippen LogP contribution in [0.15, 0.2) is 36.4 Å². The first-order valence-electron chi connectivity index (χ1n) is 9.40. The molecular formula is C20H22N6O. The van der Waals surface area contributed by atoms with Crippen molar-refractivity contribution < 1.29 is 4.74 Å². The van der Waals surface area contributed by atoms with Gasteiger partial charge in [0.1, 0.15) is 0 Å². The Morgan fingerprint density at radius 2 is 2.11 bits per heavy atom. The van der Waals surface area contributed by atoms with Crippen LogP contribution in [0, 0.1) is 12.8 Å². The number of benzene rings is 1. The maximum absolute atomic E-state index is 5.48. The predicted octanol–water partition coefficient (Wildman–Crippen LogP) is 3.63. The van der Waals surface area contributed by atoms with Gasteiger partial charge in [0.15, 0.2) is 5.65 Å². The molecule has 5 rings (SSSR count). The van der Waals surface area contributed by atoms with Crippen molar-refractivity contribution in [2.24, 2.45) is 5.92 Å². The number of aryl methyl sites for hydroxylation is 1. The van der Waals surface area contributed by atoms with Gasteiger partial charge in [-0.25, -0.2) is 4.52 Å². The van der Waals surface area contributed by atoms with Gasteiger partial charge < -0.3 is 10.1 Å². The fraction of sp³-hybridized carbons (Fsp3) is 0.350. The van der Waals surface area contributed by atoms with E-state index in [1.807, 2.05) is 29.6 Å². The van der Waals surface area contributed by atoms with Crippen LogP contribution in [0.2, 0.25) is 0 Å². The van der Waals surface area contributed by atoms with E-state index in [0.29, 0.717) is 11.9 Å². The van der Waals surface area contributed by atoms with E-state index in [1.54, 1.807) is 0 Å². The highest BCUT2D eigenvalue weighted by Gasteiger charge is 2.17. The Bertz CT molecular complexity index is 1090. The maximum Gasteiger partial charge on any atom is 0.247 e. The SMILES string of the molecule is Cc1[nH]nc2ccc(Nc3nc4cccc(CC5CCOCC5)n4n3)cc12. The van der Waals surface area contributed by atoms with E-state index in [9.17, 15) is 0 Å². The van der Waals surface area contributed by atoms with E-state index in [-0.39, 0.29) is 0 Å². The van der Waals surface area contributed by atoms with Gasteiger partial charge in [-0.2, -0.15) is 10.1 Å². The number of pyridine rings is 1. The monoisotopic (exact) mass is 362 g/mol. The lowest BCUT2D eigenvalue weighted by Crippen LogP contribution is -2.18. The molecule has 4 aromatic rings. The van der Waals surface area contributed by atoms with Crippen molar-refractivity contribution in [3.63, 3.8) is 0 Å². The average Bonchev–Trinajstić information content (AvgIpc) is 3.27. The first-order valence-corrected chi connectivity index (χ1v) is 9.40. The fourth-order valence-electron chi connectivity index (χ4n) is 3.76. The number of rotatable bonds is 4. The summed E-state index contributed by atoms with van der Waals surface area (Å²) in [5.41, 5.74) is 5.02. The van der Waals surface area contributed by atoms with E-state index < -0.39 is 0 Å². The third-order valence-electron chi connectivity index (χ3n) is 5.28. The molecule has 1 saturated heterocycles. The molecule has 27 heavy (non-hydrogen) atoms. The van der Waals surface area contributed by atoms with E-state index in [1.165, 1.54) is 5.69 Å². The first-order chi connectivity index (χ1) is 13.3. The molecule has 0 bridgehead atoms. The van der Waals surface area contributed by atoms with Gasteiger partial charge in [0.2, 0.25) is 5.95 Å². The second kappa shape index (κ2) is 6.66. The lowest BCUT2D eigenvalue weighted by molar-refractivity contribution is 0.0661. The second-order valence-corrected chi connectivity index (χ2v) is 7.19. The molecule has 0 spiro atoms. The van der Waals surface area contributed by atoms with Gasteiger partial charge >= 0.3 is 0 Å². The predicted molar refractivity (Wildman–Crippen MR) is 104 cm³/mol. The Morgan fingerprint density at radius 1 is 1.22 bits per heavy atom. The summed E-state index contributed by atoms with van der Waals surface area (Å²) in [6.45, 7) is 3.74. The molecule has 0 aliphatic carbocycles. The van der Waals surface area contributed by atoms with Crippen molar-refractivity contribution in [3.05, 3.63) is 47.8 Å². The number of aromatic nitrogens is 5. The molecule has 138 valence electrons. The minimum atomic E-state index is 0.606. The molecule has 1 aliphatic rings. The molecule has 0 unspecified atom stereocenters. The summed E-state index contributed by atoms with van der Waals surface area (Å²) >= 11 is 0. The van der Waals surface area contributed by atoms with Gasteiger partial charge in [-0.3, -0.25) is 5.10 Å². The van der Waals surface area contributed by atoms with Gasteiger partial charge in [-0.1, -0.05) is 6.07 Å². The highest BCUT2D eigenvalue weighted by molar-refractivity contribution is 5.85. The van der Waals surface area contributed by atoms with Crippen LogP contribution in [0.5, 0.6) is 0 Å². The average molecular weight is 362 g/mol. The van der Waals surface area contributed by atoms with Crippen LogP contribution >= 0.6 is 0 Å². The largest absolute Gasteiger partial charge is 0.381 e. The quantitative estimate of drug-likeness (QED) is 0.579. The number of hydrogen-bond acceptors (Lipinski definition) is 5. The number of ether oxygens (including phenoxy) is 1. The minimum Gasteiger partial charge on any atom is -0.381 e. The first kappa shape index (κ1) is 16.3. The third kappa shape index (κ3) is 3.14. The van der Waals surface area contributed by atoms with Gasteiger partial charge in [0, 0.05) is 35.7 Å². The normalized spacial score (nSPS) is 15.6. The Hall–Kier alpha value is -2.93. The number of H-pyrrole nitrogens is 1. The van der Waals surface area contributed by atoms with E-state index >= 15 is 0 Å². The molecule has 1 fully saturated rings. The molecular weight excluding hydrogens is 340 g/mol. The number of nitrogens with zero attached hydrogens (tertiary/aromatic N) is 4. The van der Waals surface area contributed by atoms with Crippen LogP contribution < -0.4 is 5.32 Å². The van der Waals surface area contributed by atoms with Gasteiger partial charge in [-0.05, 0) is 62.4 Å². The van der Waals surface area contributed by atoms with E-state index in [0.717, 1.165) is 60.4 Å². The van der Waals surface area contributed by atoms with Crippen molar-refractivity contribution >= 4 is 28.2 Å². The minimum absolute atomic E-state index is 0.606. The summed E-state index contributed by atoms with van der Waals surface area (Å²) in [5, 5.41) is 16.4. The van der Waals surface area contributed by atoms with Crippen molar-refractivity contribution in [2.75, 3.05) is 18.5 Å². The van der Waals surface area contributed by atoms with Crippen LogP contribution in [0.1, 0.15) is 24.2 Å². The zero-order chi connectivity index (χ0) is 18.2. The van der Waals surface area contributed by atoms with Gasteiger partial charge in [0.25, 0.3) is 0 Å². The molecule has 1 aliphatic heterocycles.